The van der Waals surface area contributed by atoms with E-state index in [4.69, 9.17) is 5.11 Å². The lowest BCUT2D eigenvalue weighted by Crippen LogP contribution is -2.31. The van der Waals surface area contributed by atoms with E-state index in [2.05, 4.69) is 4.90 Å². The summed E-state index contributed by atoms with van der Waals surface area (Å²) in [6, 6.07) is 6.16. The number of rotatable bonds is 5. The van der Waals surface area contributed by atoms with Crippen molar-refractivity contribution < 1.29 is 14.7 Å². The first-order valence-corrected chi connectivity index (χ1v) is 6.76. The van der Waals surface area contributed by atoms with Gasteiger partial charge in [0, 0.05) is 18.5 Å². The second-order valence-electron chi connectivity index (χ2n) is 4.96. The molecule has 110 valence electrons. The van der Waals surface area contributed by atoms with Crippen molar-refractivity contribution in [1.29, 1.82) is 0 Å². The summed E-state index contributed by atoms with van der Waals surface area (Å²) < 4.78 is 0. The summed E-state index contributed by atoms with van der Waals surface area (Å²) >= 11 is 0. The van der Waals surface area contributed by atoms with Crippen molar-refractivity contribution in [2.24, 2.45) is 0 Å². The van der Waals surface area contributed by atoms with Gasteiger partial charge in [-0.2, -0.15) is 0 Å². The number of halogens is 1. The molecule has 1 aromatic carbocycles. The van der Waals surface area contributed by atoms with Gasteiger partial charge >= 0.3 is 5.97 Å². The Balaban J connectivity index is 0.00000200. The quantitative estimate of drug-likeness (QED) is 0.849. The zero-order chi connectivity index (χ0) is 13.7. The average molecular weight is 298 g/mol. The molecule has 0 radical (unpaired) electrons. The summed E-state index contributed by atoms with van der Waals surface area (Å²) in [5.74, 6) is -0.880. The highest BCUT2D eigenvalue weighted by atomic mass is 35.5. The smallest absolute Gasteiger partial charge is 0.335 e. The Kier molecular flexibility index (Phi) is 6.68. The lowest BCUT2D eigenvalue weighted by Gasteiger charge is -2.25. The van der Waals surface area contributed by atoms with E-state index in [1.54, 1.807) is 12.1 Å². The minimum atomic E-state index is -0.965. The van der Waals surface area contributed by atoms with Crippen LogP contribution in [-0.4, -0.2) is 41.4 Å². The summed E-state index contributed by atoms with van der Waals surface area (Å²) in [7, 11) is 0. The van der Waals surface area contributed by atoms with Gasteiger partial charge in [0.05, 0.1) is 5.56 Å². The Morgan fingerprint density at radius 1 is 1.00 bits per heavy atom. The summed E-state index contributed by atoms with van der Waals surface area (Å²) in [6.07, 6.45) is 4.25. The van der Waals surface area contributed by atoms with Crippen LogP contribution >= 0.6 is 12.4 Å². The number of ketones is 1. The Morgan fingerprint density at radius 2 is 1.55 bits per heavy atom. The molecule has 0 saturated carbocycles. The molecule has 0 bridgehead atoms. The molecule has 0 aliphatic carbocycles. The van der Waals surface area contributed by atoms with Crippen LogP contribution in [0.15, 0.2) is 24.3 Å². The van der Waals surface area contributed by atoms with E-state index >= 15 is 0 Å². The molecule has 1 aliphatic rings. The van der Waals surface area contributed by atoms with Crippen molar-refractivity contribution in [3.05, 3.63) is 35.4 Å². The van der Waals surface area contributed by atoms with E-state index in [0.717, 1.165) is 19.6 Å². The van der Waals surface area contributed by atoms with E-state index in [1.165, 1.54) is 31.4 Å². The van der Waals surface area contributed by atoms with Gasteiger partial charge in [0.25, 0.3) is 0 Å². The molecule has 2 rings (SSSR count). The molecule has 20 heavy (non-hydrogen) atoms. The fourth-order valence-corrected chi connectivity index (χ4v) is 2.39. The van der Waals surface area contributed by atoms with E-state index in [9.17, 15) is 9.59 Å². The molecule has 1 N–H and O–H groups in total. The molecule has 0 aromatic heterocycles. The van der Waals surface area contributed by atoms with Crippen LogP contribution in [0.2, 0.25) is 0 Å². The number of Topliss-reactive ketones (excluding diaryl/α,β-unsaturated/α-hetero) is 1. The van der Waals surface area contributed by atoms with Crippen molar-refractivity contribution in [1.82, 2.24) is 4.90 Å². The Morgan fingerprint density at radius 3 is 2.10 bits per heavy atom. The van der Waals surface area contributed by atoms with Gasteiger partial charge in [-0.05, 0) is 38.1 Å². The van der Waals surface area contributed by atoms with Gasteiger partial charge in [-0.3, -0.25) is 4.79 Å². The topological polar surface area (TPSA) is 57.6 Å². The van der Waals surface area contributed by atoms with Crippen molar-refractivity contribution >= 4 is 24.2 Å². The molecule has 1 saturated heterocycles. The molecular weight excluding hydrogens is 278 g/mol. The number of hydrogen-bond donors (Lipinski definition) is 1. The number of benzene rings is 1. The summed E-state index contributed by atoms with van der Waals surface area (Å²) in [5, 5.41) is 8.80. The number of aromatic carboxylic acids is 1. The monoisotopic (exact) mass is 297 g/mol. The number of carbonyl (C=O) groups excluding carboxylic acids is 1. The first-order valence-electron chi connectivity index (χ1n) is 6.76. The van der Waals surface area contributed by atoms with Gasteiger partial charge in [-0.15, -0.1) is 12.4 Å². The number of carboxylic acids is 1. The maximum absolute atomic E-state index is 12.0. The average Bonchev–Trinajstić information content (AvgIpc) is 2.46. The maximum atomic E-state index is 12.0. The standard InChI is InChI=1S/C15H19NO3.ClH/c17-14(8-11-16-9-2-1-3-10-16)12-4-6-13(7-5-12)15(18)19;/h4-7H,1-3,8-11H2,(H,18,19);1H. The molecule has 1 aromatic rings. The van der Waals surface area contributed by atoms with Gasteiger partial charge in [0.15, 0.2) is 5.78 Å². The molecule has 0 spiro atoms. The number of hydrogen-bond acceptors (Lipinski definition) is 3. The number of nitrogens with zero attached hydrogens (tertiary/aromatic N) is 1. The molecule has 1 aliphatic heterocycles. The third-order valence-electron chi connectivity index (χ3n) is 3.56. The van der Waals surface area contributed by atoms with E-state index in [-0.39, 0.29) is 23.8 Å². The summed E-state index contributed by atoms with van der Waals surface area (Å²) in [4.78, 5) is 25.0. The summed E-state index contributed by atoms with van der Waals surface area (Å²) in [5.41, 5.74) is 0.814. The van der Waals surface area contributed by atoms with Gasteiger partial charge < -0.3 is 10.0 Å². The van der Waals surface area contributed by atoms with Crippen LogP contribution in [0.1, 0.15) is 46.4 Å². The van der Waals surface area contributed by atoms with Crippen LogP contribution < -0.4 is 0 Å². The third kappa shape index (κ3) is 4.62. The van der Waals surface area contributed by atoms with Crippen LogP contribution in [0.5, 0.6) is 0 Å². The second kappa shape index (κ2) is 8.02. The SMILES string of the molecule is Cl.O=C(O)c1ccc(C(=O)CCN2CCCCC2)cc1. The fourth-order valence-electron chi connectivity index (χ4n) is 2.39. The largest absolute Gasteiger partial charge is 0.478 e. The molecule has 0 unspecified atom stereocenters. The van der Waals surface area contributed by atoms with Gasteiger partial charge in [-0.1, -0.05) is 18.6 Å². The van der Waals surface area contributed by atoms with Gasteiger partial charge in [0.2, 0.25) is 0 Å². The van der Waals surface area contributed by atoms with Crippen LogP contribution in [0.25, 0.3) is 0 Å². The molecule has 1 heterocycles. The third-order valence-corrected chi connectivity index (χ3v) is 3.56. The lowest BCUT2D eigenvalue weighted by molar-refractivity contribution is 0.0696. The van der Waals surface area contributed by atoms with Crippen molar-refractivity contribution in [2.45, 2.75) is 25.7 Å². The first-order chi connectivity index (χ1) is 9.16. The second-order valence-corrected chi connectivity index (χ2v) is 4.96. The van der Waals surface area contributed by atoms with Crippen LogP contribution in [0.3, 0.4) is 0 Å². The van der Waals surface area contributed by atoms with Crippen LogP contribution in [0, 0.1) is 0 Å². The van der Waals surface area contributed by atoms with Gasteiger partial charge in [-0.25, -0.2) is 4.79 Å². The highest BCUT2D eigenvalue weighted by Crippen LogP contribution is 2.11. The highest BCUT2D eigenvalue weighted by Gasteiger charge is 2.13. The number of carboxylic acid groups (broad SMARTS) is 1. The molecule has 0 atom stereocenters. The summed E-state index contributed by atoms with van der Waals surface area (Å²) in [6.45, 7) is 2.98. The Hall–Kier alpha value is -1.39. The highest BCUT2D eigenvalue weighted by molar-refractivity contribution is 5.97. The normalized spacial score (nSPS) is 15.4. The first kappa shape index (κ1) is 16.7. The minimum Gasteiger partial charge on any atom is -0.478 e. The predicted molar refractivity (Wildman–Crippen MR) is 79.9 cm³/mol. The van der Waals surface area contributed by atoms with Gasteiger partial charge in [0.1, 0.15) is 0 Å². The number of carbonyl (C=O) groups is 2. The van der Waals surface area contributed by atoms with Crippen molar-refractivity contribution in [2.75, 3.05) is 19.6 Å². The van der Waals surface area contributed by atoms with E-state index in [1.807, 2.05) is 0 Å². The van der Waals surface area contributed by atoms with Crippen molar-refractivity contribution in [3.63, 3.8) is 0 Å². The molecular formula is C15H20ClNO3. The van der Waals surface area contributed by atoms with E-state index < -0.39 is 5.97 Å². The number of likely N-dealkylation sites (tertiary alicyclic amines) is 1. The Bertz CT molecular complexity index is 453. The lowest BCUT2D eigenvalue weighted by atomic mass is 10.0. The molecule has 4 nitrogen and oxygen atoms in total. The fraction of sp³-hybridized carbons (Fsp3) is 0.467. The molecule has 0 amide bonds. The molecule has 5 heteroatoms. The van der Waals surface area contributed by atoms with Crippen LogP contribution in [0.4, 0.5) is 0 Å². The van der Waals surface area contributed by atoms with Crippen LogP contribution in [-0.2, 0) is 0 Å². The zero-order valence-electron chi connectivity index (χ0n) is 11.4. The molecule has 1 fully saturated rings. The predicted octanol–water partition coefficient (Wildman–Crippen LogP) is 2.87. The Labute approximate surface area is 125 Å². The van der Waals surface area contributed by atoms with Crippen molar-refractivity contribution in [3.8, 4) is 0 Å². The number of piperidine rings is 1. The minimum absolute atomic E-state index is 0. The zero-order valence-corrected chi connectivity index (χ0v) is 12.2. The maximum Gasteiger partial charge on any atom is 0.335 e. The van der Waals surface area contributed by atoms with E-state index in [0.29, 0.717) is 12.0 Å².